The Hall–Kier alpha value is -0.860. The van der Waals surface area contributed by atoms with Crippen LogP contribution in [0.15, 0.2) is 24.3 Å². The van der Waals surface area contributed by atoms with E-state index in [4.69, 9.17) is 0 Å². The van der Waals surface area contributed by atoms with E-state index >= 15 is 0 Å². The fourth-order valence-electron chi connectivity index (χ4n) is 1.86. The standard InChI is InChI=1S/C15H25NO/c1-12(2)15(4,17)11-16(5)10-14-9-7-6-8-13(14)3/h6-9,12,17H,10-11H2,1-5H3. The summed E-state index contributed by atoms with van der Waals surface area (Å²) in [5.41, 5.74) is 2.01. The lowest BCUT2D eigenvalue weighted by atomic mass is 9.92. The maximum atomic E-state index is 10.3. The minimum absolute atomic E-state index is 0.266. The average Bonchev–Trinajstić information content (AvgIpc) is 2.20. The van der Waals surface area contributed by atoms with Crippen molar-refractivity contribution in [2.24, 2.45) is 5.92 Å². The van der Waals surface area contributed by atoms with E-state index in [1.807, 2.05) is 6.92 Å². The minimum atomic E-state index is -0.628. The molecule has 0 aliphatic heterocycles. The van der Waals surface area contributed by atoms with Gasteiger partial charge in [-0.05, 0) is 37.9 Å². The van der Waals surface area contributed by atoms with E-state index in [9.17, 15) is 5.11 Å². The summed E-state index contributed by atoms with van der Waals surface area (Å²) in [5.74, 6) is 0.266. The number of hydrogen-bond donors (Lipinski definition) is 1. The summed E-state index contributed by atoms with van der Waals surface area (Å²) in [5, 5.41) is 10.3. The fraction of sp³-hybridized carbons (Fsp3) is 0.600. The molecule has 1 rings (SSSR count). The molecule has 0 fully saturated rings. The third kappa shape index (κ3) is 4.14. The number of rotatable bonds is 5. The maximum Gasteiger partial charge on any atom is 0.0768 e. The van der Waals surface area contributed by atoms with E-state index in [1.54, 1.807) is 0 Å². The smallest absolute Gasteiger partial charge is 0.0768 e. The van der Waals surface area contributed by atoms with E-state index < -0.39 is 5.60 Å². The Morgan fingerprint density at radius 2 is 1.88 bits per heavy atom. The van der Waals surface area contributed by atoms with Gasteiger partial charge in [0.25, 0.3) is 0 Å². The van der Waals surface area contributed by atoms with Crippen LogP contribution in [0.3, 0.4) is 0 Å². The maximum absolute atomic E-state index is 10.3. The summed E-state index contributed by atoms with van der Waals surface area (Å²) < 4.78 is 0. The summed E-state index contributed by atoms with van der Waals surface area (Å²) in [4.78, 5) is 2.18. The highest BCUT2D eigenvalue weighted by Gasteiger charge is 2.26. The van der Waals surface area contributed by atoms with Gasteiger partial charge in [-0.15, -0.1) is 0 Å². The Morgan fingerprint density at radius 1 is 1.29 bits per heavy atom. The molecule has 0 heterocycles. The van der Waals surface area contributed by atoms with Crippen molar-refractivity contribution in [2.45, 2.75) is 39.8 Å². The zero-order chi connectivity index (χ0) is 13.1. The van der Waals surface area contributed by atoms with Crippen molar-refractivity contribution in [3.05, 3.63) is 35.4 Å². The topological polar surface area (TPSA) is 23.5 Å². The molecule has 0 amide bonds. The summed E-state index contributed by atoms with van der Waals surface area (Å²) in [6.45, 7) is 9.73. The lowest BCUT2D eigenvalue weighted by molar-refractivity contribution is -0.0147. The summed E-state index contributed by atoms with van der Waals surface area (Å²) >= 11 is 0. The second-order valence-corrected chi connectivity index (χ2v) is 5.61. The molecule has 2 nitrogen and oxygen atoms in total. The van der Waals surface area contributed by atoms with Gasteiger partial charge in [-0.3, -0.25) is 4.90 Å². The molecule has 2 heteroatoms. The van der Waals surface area contributed by atoms with Crippen LogP contribution in [-0.2, 0) is 6.54 Å². The largest absolute Gasteiger partial charge is 0.389 e. The van der Waals surface area contributed by atoms with Crippen molar-refractivity contribution in [3.63, 3.8) is 0 Å². The Balaban J connectivity index is 2.62. The molecule has 1 aromatic carbocycles. The number of likely N-dealkylation sites (N-methyl/N-ethyl adjacent to an activating group) is 1. The molecule has 17 heavy (non-hydrogen) atoms. The molecule has 1 aromatic rings. The van der Waals surface area contributed by atoms with Gasteiger partial charge in [0.05, 0.1) is 5.60 Å². The first-order chi connectivity index (χ1) is 7.83. The second-order valence-electron chi connectivity index (χ2n) is 5.61. The highest BCUT2D eigenvalue weighted by atomic mass is 16.3. The predicted octanol–water partition coefficient (Wildman–Crippen LogP) is 2.83. The Kier molecular flexibility index (Phi) is 4.72. The van der Waals surface area contributed by atoms with Crippen LogP contribution in [-0.4, -0.2) is 29.2 Å². The SMILES string of the molecule is Cc1ccccc1CN(C)CC(C)(O)C(C)C. The quantitative estimate of drug-likeness (QED) is 0.848. The molecular formula is C15H25NO. The van der Waals surface area contributed by atoms with Gasteiger partial charge in [-0.1, -0.05) is 38.1 Å². The van der Waals surface area contributed by atoms with Crippen molar-refractivity contribution in [3.8, 4) is 0 Å². The first kappa shape index (κ1) is 14.2. The van der Waals surface area contributed by atoms with Gasteiger partial charge in [0.2, 0.25) is 0 Å². The Morgan fingerprint density at radius 3 is 2.41 bits per heavy atom. The van der Waals surface area contributed by atoms with Crippen molar-refractivity contribution in [2.75, 3.05) is 13.6 Å². The van der Waals surface area contributed by atoms with Crippen LogP contribution in [0.5, 0.6) is 0 Å². The van der Waals surface area contributed by atoms with Gasteiger partial charge >= 0.3 is 0 Å². The van der Waals surface area contributed by atoms with E-state index in [0.29, 0.717) is 6.54 Å². The second kappa shape index (κ2) is 5.65. The van der Waals surface area contributed by atoms with Crippen LogP contribution in [0.2, 0.25) is 0 Å². The van der Waals surface area contributed by atoms with Gasteiger partial charge in [-0.2, -0.15) is 0 Å². The number of aryl methyl sites for hydroxylation is 1. The molecule has 1 N–H and O–H groups in total. The molecular weight excluding hydrogens is 210 g/mol. The van der Waals surface area contributed by atoms with Crippen LogP contribution < -0.4 is 0 Å². The lowest BCUT2D eigenvalue weighted by Gasteiger charge is -2.32. The number of benzene rings is 1. The molecule has 0 saturated carbocycles. The van der Waals surface area contributed by atoms with Gasteiger partial charge < -0.3 is 5.11 Å². The van der Waals surface area contributed by atoms with Crippen LogP contribution in [0.25, 0.3) is 0 Å². The molecule has 0 spiro atoms. The number of hydrogen-bond acceptors (Lipinski definition) is 2. The summed E-state index contributed by atoms with van der Waals surface area (Å²) in [7, 11) is 2.06. The van der Waals surface area contributed by atoms with Gasteiger partial charge in [0.15, 0.2) is 0 Å². The molecule has 0 aromatic heterocycles. The van der Waals surface area contributed by atoms with E-state index in [1.165, 1.54) is 11.1 Å². The van der Waals surface area contributed by atoms with Crippen molar-refractivity contribution >= 4 is 0 Å². The van der Waals surface area contributed by atoms with Crippen molar-refractivity contribution < 1.29 is 5.11 Å². The molecule has 0 radical (unpaired) electrons. The summed E-state index contributed by atoms with van der Waals surface area (Å²) in [6, 6.07) is 8.40. The Labute approximate surface area is 105 Å². The molecule has 0 saturated heterocycles. The van der Waals surface area contributed by atoms with E-state index in [-0.39, 0.29) is 5.92 Å². The molecule has 0 aliphatic rings. The molecule has 1 unspecified atom stereocenters. The normalized spacial score (nSPS) is 15.3. The lowest BCUT2D eigenvalue weighted by Crippen LogP contribution is -2.42. The number of aliphatic hydroxyl groups is 1. The highest BCUT2D eigenvalue weighted by molar-refractivity contribution is 5.25. The zero-order valence-electron chi connectivity index (χ0n) is 11.7. The highest BCUT2D eigenvalue weighted by Crippen LogP contribution is 2.18. The monoisotopic (exact) mass is 235 g/mol. The average molecular weight is 235 g/mol. The summed E-state index contributed by atoms with van der Waals surface area (Å²) in [6.07, 6.45) is 0. The molecule has 1 atom stereocenters. The van der Waals surface area contributed by atoms with Crippen LogP contribution in [0.4, 0.5) is 0 Å². The molecule has 0 bridgehead atoms. The third-order valence-corrected chi connectivity index (χ3v) is 3.54. The van der Waals surface area contributed by atoms with Crippen LogP contribution in [0.1, 0.15) is 31.9 Å². The molecule has 96 valence electrons. The first-order valence-electron chi connectivity index (χ1n) is 6.28. The van der Waals surface area contributed by atoms with Crippen LogP contribution in [0, 0.1) is 12.8 Å². The number of nitrogens with zero attached hydrogens (tertiary/aromatic N) is 1. The van der Waals surface area contributed by atoms with Gasteiger partial charge in [0, 0.05) is 13.1 Å². The van der Waals surface area contributed by atoms with Crippen molar-refractivity contribution in [1.82, 2.24) is 4.90 Å². The van der Waals surface area contributed by atoms with Crippen molar-refractivity contribution in [1.29, 1.82) is 0 Å². The third-order valence-electron chi connectivity index (χ3n) is 3.54. The Bertz CT molecular complexity index is 358. The fourth-order valence-corrected chi connectivity index (χ4v) is 1.86. The zero-order valence-corrected chi connectivity index (χ0v) is 11.7. The predicted molar refractivity (Wildman–Crippen MR) is 73.0 cm³/mol. The van der Waals surface area contributed by atoms with Gasteiger partial charge in [0.1, 0.15) is 0 Å². The van der Waals surface area contributed by atoms with E-state index in [0.717, 1.165) is 6.54 Å². The first-order valence-corrected chi connectivity index (χ1v) is 6.28. The molecule has 0 aliphatic carbocycles. The van der Waals surface area contributed by atoms with Crippen LogP contribution >= 0.6 is 0 Å². The van der Waals surface area contributed by atoms with Gasteiger partial charge in [-0.25, -0.2) is 0 Å². The minimum Gasteiger partial charge on any atom is -0.389 e. The van der Waals surface area contributed by atoms with E-state index in [2.05, 4.69) is 57.0 Å².